The van der Waals surface area contributed by atoms with E-state index in [1.807, 2.05) is 6.92 Å². The van der Waals surface area contributed by atoms with Crippen molar-refractivity contribution < 1.29 is 9.21 Å². The number of nitrogens with one attached hydrogen (secondary N) is 2. The molecule has 0 saturated heterocycles. The SMILES string of the molecule is CCc1occc1C(=O)NCc1ncc[nH]1. The average molecular weight is 219 g/mol. The van der Waals surface area contributed by atoms with Crippen molar-refractivity contribution in [2.24, 2.45) is 0 Å². The number of rotatable bonds is 4. The first-order valence-corrected chi connectivity index (χ1v) is 5.14. The van der Waals surface area contributed by atoms with Crippen LogP contribution >= 0.6 is 0 Å². The van der Waals surface area contributed by atoms with E-state index < -0.39 is 0 Å². The lowest BCUT2D eigenvalue weighted by Gasteiger charge is -2.02. The summed E-state index contributed by atoms with van der Waals surface area (Å²) in [7, 11) is 0. The quantitative estimate of drug-likeness (QED) is 0.818. The van der Waals surface area contributed by atoms with Gasteiger partial charge in [0.25, 0.3) is 5.91 Å². The minimum atomic E-state index is -0.137. The smallest absolute Gasteiger partial charge is 0.255 e. The Kier molecular flexibility index (Phi) is 3.05. The second kappa shape index (κ2) is 4.65. The van der Waals surface area contributed by atoms with Crippen molar-refractivity contribution in [2.75, 3.05) is 0 Å². The highest BCUT2D eigenvalue weighted by Gasteiger charge is 2.12. The van der Waals surface area contributed by atoms with E-state index in [4.69, 9.17) is 4.42 Å². The van der Waals surface area contributed by atoms with Gasteiger partial charge < -0.3 is 14.7 Å². The van der Waals surface area contributed by atoms with Crippen LogP contribution in [0, 0.1) is 0 Å². The van der Waals surface area contributed by atoms with E-state index in [0.717, 1.165) is 5.82 Å². The summed E-state index contributed by atoms with van der Waals surface area (Å²) in [6, 6.07) is 1.68. The van der Waals surface area contributed by atoms with Crippen LogP contribution in [-0.4, -0.2) is 15.9 Å². The Morgan fingerprint density at radius 3 is 3.19 bits per heavy atom. The van der Waals surface area contributed by atoms with Crippen LogP contribution in [0.3, 0.4) is 0 Å². The summed E-state index contributed by atoms with van der Waals surface area (Å²) in [5, 5.41) is 2.77. The molecule has 16 heavy (non-hydrogen) atoms. The predicted molar refractivity (Wildman–Crippen MR) is 57.8 cm³/mol. The highest BCUT2D eigenvalue weighted by Crippen LogP contribution is 2.10. The molecule has 5 nitrogen and oxygen atoms in total. The molecule has 5 heteroatoms. The molecule has 0 fully saturated rings. The van der Waals surface area contributed by atoms with Gasteiger partial charge in [0, 0.05) is 18.8 Å². The van der Waals surface area contributed by atoms with Gasteiger partial charge in [0.2, 0.25) is 0 Å². The molecule has 0 saturated carbocycles. The molecule has 0 aliphatic carbocycles. The van der Waals surface area contributed by atoms with Crippen molar-refractivity contribution in [3.8, 4) is 0 Å². The number of hydrogen-bond donors (Lipinski definition) is 2. The summed E-state index contributed by atoms with van der Waals surface area (Å²) < 4.78 is 5.19. The van der Waals surface area contributed by atoms with Crippen molar-refractivity contribution in [3.05, 3.63) is 41.9 Å². The molecule has 2 heterocycles. The first-order valence-electron chi connectivity index (χ1n) is 5.14. The molecule has 2 N–H and O–H groups in total. The molecular formula is C11H13N3O2. The highest BCUT2D eigenvalue weighted by molar-refractivity contribution is 5.95. The zero-order valence-electron chi connectivity index (χ0n) is 8.99. The maximum Gasteiger partial charge on any atom is 0.255 e. The van der Waals surface area contributed by atoms with Gasteiger partial charge in [0.05, 0.1) is 18.4 Å². The number of aromatic nitrogens is 2. The molecule has 0 aromatic carbocycles. The topological polar surface area (TPSA) is 70.9 Å². The van der Waals surface area contributed by atoms with E-state index in [2.05, 4.69) is 15.3 Å². The van der Waals surface area contributed by atoms with Gasteiger partial charge in [-0.15, -0.1) is 0 Å². The lowest BCUT2D eigenvalue weighted by Crippen LogP contribution is -2.23. The van der Waals surface area contributed by atoms with Gasteiger partial charge in [-0.1, -0.05) is 6.92 Å². The maximum atomic E-state index is 11.8. The predicted octanol–water partition coefficient (Wildman–Crippen LogP) is 1.50. The van der Waals surface area contributed by atoms with E-state index in [-0.39, 0.29) is 5.91 Å². The molecule has 0 bridgehead atoms. The van der Waals surface area contributed by atoms with Crippen molar-refractivity contribution >= 4 is 5.91 Å². The molecule has 84 valence electrons. The monoisotopic (exact) mass is 219 g/mol. The molecule has 2 aromatic rings. The summed E-state index contributed by atoms with van der Waals surface area (Å²) in [5.41, 5.74) is 0.592. The maximum absolute atomic E-state index is 11.8. The average Bonchev–Trinajstić information content (AvgIpc) is 2.96. The fourth-order valence-corrected chi connectivity index (χ4v) is 1.47. The van der Waals surface area contributed by atoms with Gasteiger partial charge in [0.15, 0.2) is 0 Å². The van der Waals surface area contributed by atoms with Gasteiger partial charge in [-0.3, -0.25) is 4.79 Å². The Hall–Kier alpha value is -2.04. The lowest BCUT2D eigenvalue weighted by molar-refractivity contribution is 0.0948. The third kappa shape index (κ3) is 2.13. The van der Waals surface area contributed by atoms with Crippen LogP contribution in [0.25, 0.3) is 0 Å². The molecule has 0 unspecified atom stereocenters. The number of furan rings is 1. The summed E-state index contributed by atoms with van der Waals surface area (Å²) >= 11 is 0. The summed E-state index contributed by atoms with van der Waals surface area (Å²) in [5.74, 6) is 1.30. The van der Waals surface area contributed by atoms with Crippen molar-refractivity contribution in [1.82, 2.24) is 15.3 Å². The second-order valence-electron chi connectivity index (χ2n) is 3.33. The van der Waals surface area contributed by atoms with Crippen LogP contribution in [0.2, 0.25) is 0 Å². The first-order chi connectivity index (χ1) is 7.81. The minimum Gasteiger partial charge on any atom is -0.469 e. The van der Waals surface area contributed by atoms with Gasteiger partial charge >= 0.3 is 0 Å². The van der Waals surface area contributed by atoms with E-state index in [0.29, 0.717) is 24.3 Å². The van der Waals surface area contributed by atoms with Crippen LogP contribution in [0.5, 0.6) is 0 Å². The third-order valence-corrected chi connectivity index (χ3v) is 2.28. The molecule has 0 spiro atoms. The molecule has 0 atom stereocenters. The van der Waals surface area contributed by atoms with E-state index in [9.17, 15) is 4.79 Å². The van der Waals surface area contributed by atoms with E-state index in [1.54, 1.807) is 18.5 Å². The van der Waals surface area contributed by atoms with Gasteiger partial charge in [-0.25, -0.2) is 4.98 Å². The largest absolute Gasteiger partial charge is 0.469 e. The number of carbonyl (C=O) groups excluding carboxylic acids is 1. The molecule has 2 rings (SSSR count). The van der Waals surface area contributed by atoms with Crippen LogP contribution in [-0.2, 0) is 13.0 Å². The van der Waals surface area contributed by atoms with Crippen molar-refractivity contribution in [3.63, 3.8) is 0 Å². The summed E-state index contributed by atoms with van der Waals surface area (Å²) in [6.07, 6.45) is 5.60. The highest BCUT2D eigenvalue weighted by atomic mass is 16.3. The number of amides is 1. The molecule has 1 amide bonds. The molecule has 0 aliphatic rings. The fourth-order valence-electron chi connectivity index (χ4n) is 1.47. The van der Waals surface area contributed by atoms with E-state index >= 15 is 0 Å². The molecule has 0 aliphatic heterocycles. The Morgan fingerprint density at radius 2 is 2.50 bits per heavy atom. The zero-order chi connectivity index (χ0) is 11.4. The zero-order valence-corrected chi connectivity index (χ0v) is 8.99. The number of carbonyl (C=O) groups is 1. The standard InChI is InChI=1S/C11H13N3O2/c1-2-9-8(3-6-16-9)11(15)14-7-10-12-4-5-13-10/h3-6H,2,7H2,1H3,(H,12,13)(H,14,15). The Morgan fingerprint density at radius 1 is 1.62 bits per heavy atom. The number of nitrogens with zero attached hydrogens (tertiary/aromatic N) is 1. The van der Waals surface area contributed by atoms with Crippen molar-refractivity contribution in [2.45, 2.75) is 19.9 Å². The van der Waals surface area contributed by atoms with Crippen LogP contribution in [0.15, 0.2) is 29.1 Å². The number of aromatic amines is 1. The minimum absolute atomic E-state index is 0.137. The summed E-state index contributed by atoms with van der Waals surface area (Å²) in [4.78, 5) is 18.7. The number of hydrogen-bond acceptors (Lipinski definition) is 3. The second-order valence-corrected chi connectivity index (χ2v) is 3.33. The van der Waals surface area contributed by atoms with E-state index in [1.165, 1.54) is 6.26 Å². The Bertz CT molecular complexity index is 459. The van der Waals surface area contributed by atoms with Gasteiger partial charge in [0.1, 0.15) is 11.6 Å². The fraction of sp³-hybridized carbons (Fsp3) is 0.273. The molecule has 2 aromatic heterocycles. The van der Waals surface area contributed by atoms with Crippen LogP contribution in [0.1, 0.15) is 28.9 Å². The normalized spacial score (nSPS) is 10.3. The number of imidazole rings is 1. The number of aryl methyl sites for hydroxylation is 1. The molecule has 0 radical (unpaired) electrons. The van der Waals surface area contributed by atoms with Crippen molar-refractivity contribution in [1.29, 1.82) is 0 Å². The number of H-pyrrole nitrogens is 1. The Balaban J connectivity index is 1.98. The first kappa shape index (κ1) is 10.5. The van der Waals surface area contributed by atoms with Gasteiger partial charge in [-0.05, 0) is 6.07 Å². The third-order valence-electron chi connectivity index (χ3n) is 2.28. The summed E-state index contributed by atoms with van der Waals surface area (Å²) in [6.45, 7) is 2.34. The molecular weight excluding hydrogens is 206 g/mol. The van der Waals surface area contributed by atoms with Crippen LogP contribution in [0.4, 0.5) is 0 Å². The van der Waals surface area contributed by atoms with Crippen LogP contribution < -0.4 is 5.32 Å². The Labute approximate surface area is 92.9 Å². The lowest BCUT2D eigenvalue weighted by atomic mass is 10.2. The van der Waals surface area contributed by atoms with Gasteiger partial charge in [-0.2, -0.15) is 0 Å².